The molecule has 0 unspecified atom stereocenters. The van der Waals surface area contributed by atoms with Gasteiger partial charge in [0.1, 0.15) is 5.01 Å². The molecular formula is C15H19BrN2S. The first-order valence-corrected chi connectivity index (χ1v) is 8.61. The summed E-state index contributed by atoms with van der Waals surface area (Å²) in [7, 11) is 0. The summed E-state index contributed by atoms with van der Waals surface area (Å²) in [6.07, 6.45) is 7.67. The quantitative estimate of drug-likeness (QED) is 0.812. The van der Waals surface area contributed by atoms with E-state index in [1.54, 1.807) is 0 Å². The lowest BCUT2D eigenvalue weighted by molar-refractivity contribution is 0.380. The van der Waals surface area contributed by atoms with Crippen LogP contribution in [0.25, 0.3) is 10.2 Å². The van der Waals surface area contributed by atoms with E-state index in [1.165, 1.54) is 48.2 Å². The van der Waals surface area contributed by atoms with Crippen LogP contribution < -0.4 is 5.73 Å². The molecule has 0 radical (unpaired) electrons. The van der Waals surface area contributed by atoms with Gasteiger partial charge in [0, 0.05) is 16.4 Å². The predicted molar refractivity (Wildman–Crippen MR) is 85.8 cm³/mol. The van der Waals surface area contributed by atoms with Gasteiger partial charge in [0.05, 0.1) is 10.2 Å². The number of benzene rings is 1. The van der Waals surface area contributed by atoms with Crippen LogP contribution in [0.1, 0.15) is 43.5 Å². The fourth-order valence-electron chi connectivity index (χ4n) is 3.04. The summed E-state index contributed by atoms with van der Waals surface area (Å²) in [5, 5.41) is 1.25. The van der Waals surface area contributed by atoms with Gasteiger partial charge in [-0.05, 0) is 31.0 Å². The summed E-state index contributed by atoms with van der Waals surface area (Å²) in [6.45, 7) is 0.730. The summed E-state index contributed by atoms with van der Waals surface area (Å²) in [6, 6.07) is 6.35. The Bertz CT molecular complexity index is 571. The molecule has 0 spiro atoms. The molecule has 1 aliphatic rings. The second-order valence-corrected chi connectivity index (χ2v) is 7.48. The minimum absolute atomic E-state index is 0.132. The maximum absolute atomic E-state index is 6.15. The Hall–Kier alpha value is -0.450. The van der Waals surface area contributed by atoms with Gasteiger partial charge < -0.3 is 5.73 Å². The van der Waals surface area contributed by atoms with Crippen molar-refractivity contribution >= 4 is 37.5 Å². The molecule has 102 valence electrons. The van der Waals surface area contributed by atoms with E-state index in [0.717, 1.165) is 16.5 Å². The zero-order valence-electron chi connectivity index (χ0n) is 11.0. The van der Waals surface area contributed by atoms with Gasteiger partial charge in [0.15, 0.2) is 0 Å². The van der Waals surface area contributed by atoms with Crippen LogP contribution in [-0.4, -0.2) is 11.5 Å². The molecule has 0 atom stereocenters. The van der Waals surface area contributed by atoms with Gasteiger partial charge in [-0.15, -0.1) is 11.3 Å². The highest BCUT2D eigenvalue weighted by molar-refractivity contribution is 9.10. The van der Waals surface area contributed by atoms with E-state index in [2.05, 4.69) is 34.1 Å². The Kier molecular flexibility index (Phi) is 3.92. The lowest BCUT2D eigenvalue weighted by Crippen LogP contribution is -2.34. The Morgan fingerprint density at radius 1 is 1.21 bits per heavy atom. The summed E-state index contributed by atoms with van der Waals surface area (Å²) < 4.78 is 2.37. The molecule has 1 saturated carbocycles. The lowest BCUT2D eigenvalue weighted by Gasteiger charge is -2.28. The van der Waals surface area contributed by atoms with E-state index in [4.69, 9.17) is 10.7 Å². The second kappa shape index (κ2) is 5.51. The molecular weight excluding hydrogens is 320 g/mol. The molecule has 1 heterocycles. The molecule has 2 nitrogen and oxygen atoms in total. The van der Waals surface area contributed by atoms with Gasteiger partial charge in [-0.1, -0.05) is 41.6 Å². The summed E-state index contributed by atoms with van der Waals surface area (Å²) in [5.41, 5.74) is 7.38. The molecule has 2 N–H and O–H groups in total. The van der Waals surface area contributed by atoms with Crippen LogP contribution in [0.2, 0.25) is 0 Å². The summed E-state index contributed by atoms with van der Waals surface area (Å²) in [4.78, 5) is 4.89. The van der Waals surface area contributed by atoms with Crippen molar-refractivity contribution in [2.45, 2.75) is 43.9 Å². The molecule has 3 rings (SSSR count). The molecule has 4 heteroatoms. The monoisotopic (exact) mass is 338 g/mol. The maximum Gasteiger partial charge on any atom is 0.101 e. The molecule has 0 amide bonds. The Labute approximate surface area is 126 Å². The number of nitrogens with two attached hydrogens (primary N) is 1. The van der Waals surface area contributed by atoms with E-state index >= 15 is 0 Å². The van der Waals surface area contributed by atoms with Crippen molar-refractivity contribution in [1.29, 1.82) is 0 Å². The van der Waals surface area contributed by atoms with Crippen LogP contribution >= 0.6 is 27.3 Å². The zero-order chi connectivity index (χ0) is 13.3. The molecule has 1 aliphatic carbocycles. The van der Waals surface area contributed by atoms with Crippen molar-refractivity contribution < 1.29 is 0 Å². The maximum atomic E-state index is 6.15. The van der Waals surface area contributed by atoms with Crippen LogP contribution in [0.5, 0.6) is 0 Å². The van der Waals surface area contributed by atoms with E-state index in [1.807, 2.05) is 11.3 Å². The highest BCUT2D eigenvalue weighted by atomic mass is 79.9. The van der Waals surface area contributed by atoms with Gasteiger partial charge in [0.25, 0.3) is 0 Å². The van der Waals surface area contributed by atoms with Gasteiger partial charge in [-0.25, -0.2) is 4.98 Å². The van der Waals surface area contributed by atoms with Gasteiger partial charge in [-0.3, -0.25) is 0 Å². The van der Waals surface area contributed by atoms with E-state index in [0.29, 0.717) is 0 Å². The molecule has 0 aliphatic heterocycles. The second-order valence-electron chi connectivity index (χ2n) is 5.53. The van der Waals surface area contributed by atoms with Crippen molar-refractivity contribution in [3.8, 4) is 0 Å². The summed E-state index contributed by atoms with van der Waals surface area (Å²) >= 11 is 5.35. The van der Waals surface area contributed by atoms with E-state index in [9.17, 15) is 0 Å². The Morgan fingerprint density at radius 3 is 2.63 bits per heavy atom. The lowest BCUT2D eigenvalue weighted by atomic mass is 9.81. The van der Waals surface area contributed by atoms with Gasteiger partial charge in [-0.2, -0.15) is 0 Å². The first-order chi connectivity index (χ1) is 9.23. The number of thiazole rings is 1. The molecule has 2 aromatic rings. The molecule has 0 bridgehead atoms. The Balaban J connectivity index is 2.04. The highest BCUT2D eigenvalue weighted by Crippen LogP contribution is 2.41. The van der Waals surface area contributed by atoms with Crippen LogP contribution in [0.15, 0.2) is 22.7 Å². The molecule has 1 fully saturated rings. The van der Waals surface area contributed by atoms with Crippen molar-refractivity contribution in [3.63, 3.8) is 0 Å². The number of halogens is 1. The van der Waals surface area contributed by atoms with Crippen molar-refractivity contribution in [2.24, 2.45) is 5.73 Å². The van der Waals surface area contributed by atoms with E-state index < -0.39 is 0 Å². The standard InChI is InChI=1S/C15H19BrN2S/c16-11-5-6-13-12(9-11)18-14(19-13)15(10-17)7-3-1-2-4-8-15/h5-6,9H,1-4,7-8,10,17H2. The van der Waals surface area contributed by atoms with Crippen molar-refractivity contribution in [3.05, 3.63) is 27.7 Å². The first-order valence-electron chi connectivity index (χ1n) is 7.00. The smallest absolute Gasteiger partial charge is 0.101 e. The highest BCUT2D eigenvalue weighted by Gasteiger charge is 2.34. The third-order valence-corrected chi connectivity index (χ3v) is 6.03. The Morgan fingerprint density at radius 2 is 1.95 bits per heavy atom. The minimum atomic E-state index is 0.132. The number of hydrogen-bond donors (Lipinski definition) is 1. The minimum Gasteiger partial charge on any atom is -0.329 e. The number of nitrogens with zero attached hydrogens (tertiary/aromatic N) is 1. The largest absolute Gasteiger partial charge is 0.329 e. The summed E-state index contributed by atoms with van der Waals surface area (Å²) in [5.74, 6) is 0. The predicted octanol–water partition coefficient (Wildman–Crippen LogP) is 4.61. The molecule has 0 saturated heterocycles. The van der Waals surface area contributed by atoms with Crippen molar-refractivity contribution in [1.82, 2.24) is 4.98 Å². The van der Waals surface area contributed by atoms with Gasteiger partial charge in [0.2, 0.25) is 0 Å². The van der Waals surface area contributed by atoms with E-state index in [-0.39, 0.29) is 5.41 Å². The number of rotatable bonds is 2. The number of fused-ring (bicyclic) bond motifs is 1. The number of hydrogen-bond acceptors (Lipinski definition) is 3. The SMILES string of the molecule is NCC1(c2nc3cc(Br)ccc3s2)CCCCCC1. The van der Waals surface area contributed by atoms with Gasteiger partial charge >= 0.3 is 0 Å². The number of aromatic nitrogens is 1. The van der Waals surface area contributed by atoms with Crippen LogP contribution in [0, 0.1) is 0 Å². The molecule has 1 aromatic carbocycles. The topological polar surface area (TPSA) is 38.9 Å². The fraction of sp³-hybridized carbons (Fsp3) is 0.533. The average molecular weight is 339 g/mol. The van der Waals surface area contributed by atoms with Crippen LogP contribution in [0.4, 0.5) is 0 Å². The average Bonchev–Trinajstić information content (AvgIpc) is 2.69. The van der Waals surface area contributed by atoms with Crippen LogP contribution in [0.3, 0.4) is 0 Å². The third-order valence-electron chi connectivity index (χ3n) is 4.25. The van der Waals surface area contributed by atoms with Crippen LogP contribution in [-0.2, 0) is 5.41 Å². The zero-order valence-corrected chi connectivity index (χ0v) is 13.4. The molecule has 1 aromatic heterocycles. The molecule has 19 heavy (non-hydrogen) atoms. The first kappa shape index (κ1) is 13.5. The normalized spacial score (nSPS) is 19.5. The van der Waals surface area contributed by atoms with Crippen molar-refractivity contribution in [2.75, 3.05) is 6.54 Å². The third kappa shape index (κ3) is 2.58. The fourth-order valence-corrected chi connectivity index (χ4v) is 4.59.